The smallest absolute Gasteiger partial charge is 0.271 e. The molecule has 0 unspecified atom stereocenters. The molecule has 0 radical (unpaired) electrons. The Kier molecular flexibility index (Phi) is 7.49. The third-order valence-electron chi connectivity index (χ3n) is 3.67. The van der Waals surface area contributed by atoms with Crippen LogP contribution in [0.1, 0.15) is 17.3 Å². The maximum atomic E-state index is 12.8. The van der Waals surface area contributed by atoms with Crippen LogP contribution in [0, 0.1) is 10.1 Å². The highest BCUT2D eigenvalue weighted by molar-refractivity contribution is 7.92. The molecule has 2 rings (SSSR count). The number of methoxy groups -OCH3 is 1. The Hall–Kier alpha value is -3.45. The summed E-state index contributed by atoms with van der Waals surface area (Å²) in [4.78, 5) is 22.3. The van der Waals surface area contributed by atoms with E-state index in [9.17, 15) is 23.3 Å². The van der Waals surface area contributed by atoms with Crippen LogP contribution in [0.2, 0.25) is 0 Å². The first-order valence-electron chi connectivity index (χ1n) is 8.47. The number of carbonyl (C=O) groups excluding carboxylic acids is 1. The van der Waals surface area contributed by atoms with Crippen LogP contribution in [0.4, 0.5) is 11.4 Å². The predicted molar refractivity (Wildman–Crippen MR) is 114 cm³/mol. The summed E-state index contributed by atoms with van der Waals surface area (Å²) in [6, 6.07) is 8.74. The first-order chi connectivity index (χ1) is 14.2. The molecule has 1 amide bonds. The molecule has 0 aliphatic rings. The van der Waals surface area contributed by atoms with E-state index in [0.717, 1.165) is 12.1 Å². The van der Waals surface area contributed by atoms with Gasteiger partial charge in [-0.15, -0.1) is 0 Å². The SMILES string of the molecule is CCNC(=S)NNC(=O)c1cccc(S(=O)(=O)Nc2cc([N+](=O)[O-])ccc2OC)c1. The van der Waals surface area contributed by atoms with Gasteiger partial charge in [-0.3, -0.25) is 30.5 Å². The van der Waals surface area contributed by atoms with E-state index in [1.807, 2.05) is 6.92 Å². The third-order valence-corrected chi connectivity index (χ3v) is 5.28. The van der Waals surface area contributed by atoms with Gasteiger partial charge in [0.15, 0.2) is 5.11 Å². The van der Waals surface area contributed by atoms with Gasteiger partial charge in [-0.25, -0.2) is 8.42 Å². The minimum Gasteiger partial charge on any atom is -0.495 e. The fraction of sp³-hybridized carbons (Fsp3) is 0.176. The Labute approximate surface area is 178 Å². The number of carbonyl (C=O) groups is 1. The Bertz CT molecular complexity index is 1070. The quantitative estimate of drug-likeness (QED) is 0.278. The number of benzene rings is 2. The molecule has 0 spiro atoms. The molecule has 0 aliphatic carbocycles. The largest absolute Gasteiger partial charge is 0.495 e. The normalized spacial score (nSPS) is 10.6. The average Bonchev–Trinajstić information content (AvgIpc) is 2.72. The van der Waals surface area contributed by atoms with E-state index in [1.54, 1.807) is 0 Å². The van der Waals surface area contributed by atoms with Gasteiger partial charge in [0.05, 0.1) is 22.6 Å². The van der Waals surface area contributed by atoms with E-state index in [2.05, 4.69) is 20.9 Å². The summed E-state index contributed by atoms with van der Waals surface area (Å²) in [5, 5.41) is 14.0. The zero-order valence-corrected chi connectivity index (χ0v) is 17.6. The Morgan fingerprint density at radius 1 is 1.20 bits per heavy atom. The predicted octanol–water partition coefficient (Wildman–Crippen LogP) is 1.53. The number of nitro groups is 1. The first-order valence-corrected chi connectivity index (χ1v) is 10.4. The van der Waals surface area contributed by atoms with Gasteiger partial charge in [0, 0.05) is 24.2 Å². The lowest BCUT2D eigenvalue weighted by Crippen LogP contribution is -2.46. The van der Waals surface area contributed by atoms with Gasteiger partial charge < -0.3 is 10.1 Å². The van der Waals surface area contributed by atoms with Gasteiger partial charge in [-0.2, -0.15) is 0 Å². The molecular formula is C17H19N5O6S2. The number of ether oxygens (including phenoxy) is 1. The van der Waals surface area contributed by atoms with E-state index in [4.69, 9.17) is 17.0 Å². The fourth-order valence-electron chi connectivity index (χ4n) is 2.29. The molecule has 160 valence electrons. The molecule has 30 heavy (non-hydrogen) atoms. The second kappa shape index (κ2) is 9.84. The zero-order chi connectivity index (χ0) is 22.3. The minimum atomic E-state index is -4.18. The van der Waals surface area contributed by atoms with Crippen LogP contribution < -0.4 is 25.6 Å². The van der Waals surface area contributed by atoms with Crippen LogP contribution in [-0.4, -0.2) is 38.0 Å². The maximum Gasteiger partial charge on any atom is 0.271 e. The molecular weight excluding hydrogens is 434 g/mol. The van der Waals surface area contributed by atoms with Gasteiger partial charge >= 0.3 is 0 Å². The van der Waals surface area contributed by atoms with Gasteiger partial charge in [0.25, 0.3) is 21.6 Å². The van der Waals surface area contributed by atoms with Gasteiger partial charge in [0.1, 0.15) is 5.75 Å². The number of nitrogens with one attached hydrogen (secondary N) is 4. The van der Waals surface area contributed by atoms with Gasteiger partial charge in [-0.05, 0) is 43.4 Å². The lowest BCUT2D eigenvalue weighted by Gasteiger charge is -2.13. The van der Waals surface area contributed by atoms with Crippen molar-refractivity contribution in [3.05, 3.63) is 58.1 Å². The number of nitrogens with zero attached hydrogens (tertiary/aromatic N) is 1. The van der Waals surface area contributed by atoms with Crippen molar-refractivity contribution in [1.82, 2.24) is 16.2 Å². The molecule has 4 N–H and O–H groups in total. The van der Waals surface area contributed by atoms with Crippen LogP contribution in [-0.2, 0) is 10.0 Å². The summed E-state index contributed by atoms with van der Waals surface area (Å²) < 4.78 is 32.8. The Morgan fingerprint density at radius 2 is 1.93 bits per heavy atom. The van der Waals surface area contributed by atoms with E-state index in [0.29, 0.717) is 6.54 Å². The molecule has 0 atom stereocenters. The minimum absolute atomic E-state index is 0.0516. The van der Waals surface area contributed by atoms with Crippen molar-refractivity contribution in [3.8, 4) is 5.75 Å². The monoisotopic (exact) mass is 453 g/mol. The molecule has 0 aromatic heterocycles. The van der Waals surface area contributed by atoms with Crippen LogP contribution >= 0.6 is 12.2 Å². The summed E-state index contributed by atoms with van der Waals surface area (Å²) in [6.07, 6.45) is 0. The molecule has 0 fully saturated rings. The number of rotatable bonds is 7. The van der Waals surface area contributed by atoms with Crippen molar-refractivity contribution in [1.29, 1.82) is 0 Å². The molecule has 2 aromatic rings. The van der Waals surface area contributed by atoms with Crippen molar-refractivity contribution in [2.24, 2.45) is 0 Å². The standard InChI is InChI=1S/C17H19N5O6S2/c1-3-18-17(29)20-19-16(23)11-5-4-6-13(9-11)30(26,27)21-14-10-12(22(24)25)7-8-15(14)28-2/h4-10,21H,3H2,1-2H3,(H,19,23)(H2,18,20,29). The summed E-state index contributed by atoms with van der Waals surface area (Å²) >= 11 is 4.93. The van der Waals surface area contributed by atoms with E-state index < -0.39 is 20.9 Å². The van der Waals surface area contributed by atoms with Crippen molar-refractivity contribution in [3.63, 3.8) is 0 Å². The number of thiocarbonyl (C=S) groups is 1. The van der Waals surface area contributed by atoms with Crippen LogP contribution in [0.5, 0.6) is 5.75 Å². The van der Waals surface area contributed by atoms with Crippen molar-refractivity contribution in [2.75, 3.05) is 18.4 Å². The summed E-state index contributed by atoms with van der Waals surface area (Å²) in [5.74, 6) is -0.514. The number of anilines is 1. The number of nitro benzene ring substituents is 1. The van der Waals surface area contributed by atoms with Crippen molar-refractivity contribution < 1.29 is 22.9 Å². The number of hydrogen-bond donors (Lipinski definition) is 4. The zero-order valence-electron chi connectivity index (χ0n) is 16.0. The maximum absolute atomic E-state index is 12.8. The molecule has 0 saturated heterocycles. The van der Waals surface area contributed by atoms with Gasteiger partial charge in [-0.1, -0.05) is 6.07 Å². The number of hydrazine groups is 1. The molecule has 0 saturated carbocycles. The third kappa shape index (κ3) is 5.78. The Balaban J connectivity index is 2.26. The first kappa shape index (κ1) is 22.8. The number of amides is 1. The topological polar surface area (TPSA) is 152 Å². The van der Waals surface area contributed by atoms with Crippen LogP contribution in [0.25, 0.3) is 0 Å². The van der Waals surface area contributed by atoms with Crippen molar-refractivity contribution in [2.45, 2.75) is 11.8 Å². The molecule has 11 nitrogen and oxygen atoms in total. The highest BCUT2D eigenvalue weighted by atomic mass is 32.2. The Morgan fingerprint density at radius 3 is 2.57 bits per heavy atom. The van der Waals surface area contributed by atoms with E-state index in [-0.39, 0.29) is 32.7 Å². The molecule has 0 aliphatic heterocycles. The summed E-state index contributed by atoms with van der Waals surface area (Å²) in [5.41, 5.74) is 4.46. The van der Waals surface area contributed by atoms with Crippen LogP contribution in [0.15, 0.2) is 47.4 Å². The van der Waals surface area contributed by atoms with E-state index in [1.165, 1.54) is 37.4 Å². The van der Waals surface area contributed by atoms with Crippen molar-refractivity contribution >= 4 is 44.6 Å². The average molecular weight is 454 g/mol. The molecule has 0 bridgehead atoms. The molecule has 0 heterocycles. The number of hydrogen-bond acceptors (Lipinski definition) is 7. The number of sulfonamides is 1. The van der Waals surface area contributed by atoms with Gasteiger partial charge in [0.2, 0.25) is 0 Å². The second-order valence-electron chi connectivity index (χ2n) is 5.71. The fourth-order valence-corrected chi connectivity index (χ4v) is 3.59. The highest BCUT2D eigenvalue weighted by Gasteiger charge is 2.20. The highest BCUT2D eigenvalue weighted by Crippen LogP contribution is 2.30. The van der Waals surface area contributed by atoms with E-state index >= 15 is 0 Å². The summed E-state index contributed by atoms with van der Waals surface area (Å²) in [6.45, 7) is 2.38. The molecule has 13 heteroatoms. The molecule has 2 aromatic carbocycles. The summed E-state index contributed by atoms with van der Waals surface area (Å²) in [7, 11) is -2.88. The van der Waals surface area contributed by atoms with Crippen LogP contribution in [0.3, 0.4) is 0 Å². The second-order valence-corrected chi connectivity index (χ2v) is 7.80. The lowest BCUT2D eigenvalue weighted by molar-refractivity contribution is -0.384. The number of non-ortho nitro benzene ring substituents is 1. The lowest BCUT2D eigenvalue weighted by atomic mass is 10.2.